The van der Waals surface area contributed by atoms with Gasteiger partial charge in [-0.3, -0.25) is 19.3 Å². The molecule has 2 aliphatic heterocycles. The third kappa shape index (κ3) is 8.12. The first-order chi connectivity index (χ1) is 14.0. The minimum atomic E-state index is -0.401. The maximum atomic E-state index is 12.3. The van der Waals surface area contributed by atoms with E-state index < -0.39 is 5.54 Å². The molecule has 2 rings (SSSR count). The van der Waals surface area contributed by atoms with Gasteiger partial charge in [0.1, 0.15) is 0 Å². The van der Waals surface area contributed by atoms with E-state index in [1.54, 1.807) is 23.5 Å². The van der Waals surface area contributed by atoms with Crippen LogP contribution in [0.1, 0.15) is 95.9 Å². The van der Waals surface area contributed by atoms with Crippen LogP contribution in [0.25, 0.3) is 0 Å². The molecule has 184 valence electrons. The Morgan fingerprint density at radius 3 is 1.28 bits per heavy atom. The summed E-state index contributed by atoms with van der Waals surface area (Å²) in [6, 6.07) is 0. The van der Waals surface area contributed by atoms with Crippen molar-refractivity contribution in [1.29, 1.82) is 0 Å². The lowest BCUT2D eigenvalue weighted by Gasteiger charge is -2.33. The molecule has 2 saturated heterocycles. The van der Waals surface area contributed by atoms with E-state index in [-0.39, 0.29) is 43.3 Å². The van der Waals surface area contributed by atoms with Crippen LogP contribution >= 0.6 is 23.5 Å². The van der Waals surface area contributed by atoms with E-state index in [0.717, 1.165) is 12.1 Å². The number of thioether (sulfide) groups is 2. The van der Waals surface area contributed by atoms with Crippen LogP contribution < -0.4 is 0 Å². The topological polar surface area (TPSA) is 57.7 Å². The molecular formula is C25H44N2O3S2. The van der Waals surface area contributed by atoms with Crippen molar-refractivity contribution in [3.63, 3.8) is 0 Å². The van der Waals surface area contributed by atoms with E-state index in [9.17, 15) is 14.4 Å². The molecule has 3 amide bonds. The molecule has 0 spiro atoms. The van der Waals surface area contributed by atoms with Crippen molar-refractivity contribution < 1.29 is 14.4 Å². The molecule has 0 N–H and O–H groups in total. The Bertz CT molecular complexity index is 685. The summed E-state index contributed by atoms with van der Waals surface area (Å²) in [7, 11) is 0. The Balaban J connectivity index is 0.000000320. The Morgan fingerprint density at radius 1 is 0.656 bits per heavy atom. The number of imide groups is 1. The molecule has 0 aliphatic carbocycles. The van der Waals surface area contributed by atoms with Gasteiger partial charge in [-0.2, -0.15) is 0 Å². The van der Waals surface area contributed by atoms with Crippen LogP contribution in [0.4, 0.5) is 0 Å². The summed E-state index contributed by atoms with van der Waals surface area (Å²) in [6.45, 7) is 28.5. The summed E-state index contributed by atoms with van der Waals surface area (Å²) in [6.07, 6.45) is 1.13. The van der Waals surface area contributed by atoms with E-state index in [4.69, 9.17) is 0 Å². The number of amides is 3. The molecule has 5 nitrogen and oxygen atoms in total. The Hall–Kier alpha value is -0.950. The second kappa shape index (κ2) is 9.73. The molecule has 2 aliphatic rings. The number of hydrogen-bond donors (Lipinski definition) is 0. The van der Waals surface area contributed by atoms with Crippen LogP contribution in [0.5, 0.6) is 0 Å². The molecule has 2 fully saturated rings. The van der Waals surface area contributed by atoms with Gasteiger partial charge in [0.15, 0.2) is 0 Å². The zero-order chi connectivity index (χ0) is 25.4. The molecule has 0 aromatic carbocycles. The highest BCUT2D eigenvalue weighted by atomic mass is 32.2. The van der Waals surface area contributed by atoms with Gasteiger partial charge in [0.25, 0.3) is 0 Å². The summed E-state index contributed by atoms with van der Waals surface area (Å²) >= 11 is 3.33. The summed E-state index contributed by atoms with van der Waals surface area (Å²) in [5.41, 5.74) is 0.405. The number of likely N-dealkylation sites (tertiary alicyclic amines) is 2. The van der Waals surface area contributed by atoms with Crippen LogP contribution in [0.15, 0.2) is 12.3 Å². The van der Waals surface area contributed by atoms with Gasteiger partial charge in [-0.1, -0.05) is 48.1 Å². The molecular weight excluding hydrogens is 440 g/mol. The van der Waals surface area contributed by atoms with Gasteiger partial charge in [0, 0.05) is 39.1 Å². The average Bonchev–Trinajstić information content (AvgIpc) is 2.91. The number of nitrogens with zero attached hydrogens (tertiary/aromatic N) is 2. The highest BCUT2D eigenvalue weighted by Crippen LogP contribution is 2.40. The fraction of sp³-hybridized carbons (Fsp3) is 0.800. The van der Waals surface area contributed by atoms with Gasteiger partial charge < -0.3 is 4.90 Å². The first kappa shape index (κ1) is 29.1. The van der Waals surface area contributed by atoms with Crippen LogP contribution in [0, 0.1) is 0 Å². The van der Waals surface area contributed by atoms with Crippen molar-refractivity contribution in [1.82, 2.24) is 9.80 Å². The molecule has 7 heteroatoms. The first-order valence-electron chi connectivity index (χ1n) is 11.3. The van der Waals surface area contributed by atoms with Crippen LogP contribution in [-0.4, -0.2) is 58.6 Å². The largest absolute Gasteiger partial charge is 0.311 e. The molecule has 0 bridgehead atoms. The molecule has 2 unspecified atom stereocenters. The van der Waals surface area contributed by atoms with Gasteiger partial charge >= 0.3 is 0 Å². The third-order valence-electron chi connectivity index (χ3n) is 4.67. The van der Waals surface area contributed by atoms with Crippen LogP contribution in [0.3, 0.4) is 0 Å². The fourth-order valence-electron chi connectivity index (χ4n) is 3.84. The van der Waals surface area contributed by atoms with E-state index >= 15 is 0 Å². The number of hydrogen-bond acceptors (Lipinski definition) is 5. The Kier molecular flexibility index (Phi) is 8.84. The number of carbonyl (C=O) groups is 3. The normalized spacial score (nSPS) is 23.1. The number of allylic oxidation sites excluding steroid dienone is 1. The molecule has 0 aromatic rings. The number of carbonyl (C=O) groups excluding carboxylic acids is 3. The van der Waals surface area contributed by atoms with Crippen molar-refractivity contribution in [3.05, 3.63) is 12.3 Å². The zero-order valence-electron chi connectivity index (χ0n) is 22.2. The molecule has 0 radical (unpaired) electrons. The lowest BCUT2D eigenvalue weighted by Crippen LogP contribution is -2.46. The monoisotopic (exact) mass is 484 g/mol. The number of rotatable bonds is 2. The van der Waals surface area contributed by atoms with E-state index in [0.29, 0.717) is 6.42 Å². The minimum Gasteiger partial charge on any atom is -0.311 e. The van der Waals surface area contributed by atoms with Crippen molar-refractivity contribution >= 4 is 41.2 Å². The fourth-order valence-corrected chi connectivity index (χ4v) is 6.47. The summed E-state index contributed by atoms with van der Waals surface area (Å²) in [5, 5.41) is -0.154. The SMILES string of the molecule is C=C1CC(SC(C)(C)C)C(=O)N1C(C)(C)C.CC(C)(C)SC1CC(=O)N(C(C)(C)C)C1=O. The van der Waals surface area contributed by atoms with Gasteiger partial charge in [-0.15, -0.1) is 23.5 Å². The highest BCUT2D eigenvalue weighted by molar-refractivity contribution is 8.02. The van der Waals surface area contributed by atoms with E-state index in [1.807, 2.05) is 25.7 Å². The predicted molar refractivity (Wildman–Crippen MR) is 139 cm³/mol. The Morgan fingerprint density at radius 2 is 1.00 bits per heavy atom. The third-order valence-corrected chi connectivity index (χ3v) is 7.39. The van der Waals surface area contributed by atoms with Gasteiger partial charge in [-0.05, 0) is 41.5 Å². The molecule has 2 atom stereocenters. The van der Waals surface area contributed by atoms with Crippen LogP contribution in [0.2, 0.25) is 0 Å². The van der Waals surface area contributed by atoms with Crippen molar-refractivity contribution in [3.8, 4) is 0 Å². The average molecular weight is 485 g/mol. The minimum absolute atomic E-state index is 0.00843. The second-order valence-corrected chi connectivity index (χ2v) is 16.6. The maximum Gasteiger partial charge on any atom is 0.243 e. The summed E-state index contributed by atoms with van der Waals surface area (Å²) < 4.78 is 0.128. The molecule has 0 aromatic heterocycles. The van der Waals surface area contributed by atoms with Crippen molar-refractivity contribution in [2.75, 3.05) is 0 Å². The lowest BCUT2D eigenvalue weighted by atomic mass is 10.1. The van der Waals surface area contributed by atoms with Crippen molar-refractivity contribution in [2.24, 2.45) is 0 Å². The zero-order valence-corrected chi connectivity index (χ0v) is 23.8. The molecule has 0 saturated carbocycles. The van der Waals surface area contributed by atoms with Gasteiger partial charge in [0.2, 0.25) is 17.7 Å². The molecule has 2 heterocycles. The first-order valence-corrected chi connectivity index (χ1v) is 13.0. The van der Waals surface area contributed by atoms with E-state index in [1.165, 1.54) is 4.90 Å². The quantitative estimate of drug-likeness (QED) is 0.458. The summed E-state index contributed by atoms with van der Waals surface area (Å²) in [4.78, 5) is 39.5. The second-order valence-electron chi connectivity index (χ2n) is 12.5. The molecule has 32 heavy (non-hydrogen) atoms. The standard InChI is InChI=1S/C13H23NOS.C12H21NO2S/c1-9-8-10(16-13(5,6)7)11(15)14(9)12(2,3)4;1-11(2,3)13-9(14)7-8(10(13)15)16-12(4,5)6/h10H,1,8H2,2-7H3;8H,7H2,1-6H3. The highest BCUT2D eigenvalue weighted by Gasteiger charge is 2.45. The Labute approximate surface area is 204 Å². The van der Waals surface area contributed by atoms with Gasteiger partial charge in [0.05, 0.1) is 10.5 Å². The smallest absolute Gasteiger partial charge is 0.243 e. The lowest BCUT2D eigenvalue weighted by molar-refractivity contribution is -0.143. The predicted octanol–water partition coefficient (Wildman–Crippen LogP) is 5.88. The summed E-state index contributed by atoms with van der Waals surface area (Å²) in [5.74, 6) is 0.147. The van der Waals surface area contributed by atoms with E-state index in [2.05, 4.69) is 68.9 Å². The van der Waals surface area contributed by atoms with Gasteiger partial charge in [-0.25, -0.2) is 0 Å². The van der Waals surface area contributed by atoms with Crippen LogP contribution in [-0.2, 0) is 14.4 Å². The van der Waals surface area contributed by atoms with Crippen molar-refractivity contribution in [2.45, 2.75) is 127 Å². The maximum absolute atomic E-state index is 12.3.